The van der Waals surface area contributed by atoms with E-state index in [1.165, 1.54) is 26.8 Å². The lowest BCUT2D eigenvalue weighted by molar-refractivity contribution is -0.117. The lowest BCUT2D eigenvalue weighted by Crippen LogP contribution is -2.50. The summed E-state index contributed by atoms with van der Waals surface area (Å²) in [5, 5.41) is 5.38. The number of carbonyl (C=O) groups excluding carboxylic acids is 1. The molecule has 0 bridgehead atoms. The van der Waals surface area contributed by atoms with Gasteiger partial charge in [0.25, 0.3) is 0 Å². The fourth-order valence-electron chi connectivity index (χ4n) is 3.71. The van der Waals surface area contributed by atoms with Crippen molar-refractivity contribution in [3.63, 3.8) is 0 Å². The van der Waals surface area contributed by atoms with Crippen molar-refractivity contribution in [2.75, 3.05) is 38.0 Å². The lowest BCUT2D eigenvalue weighted by Gasteiger charge is -2.33. The molecule has 9 heteroatoms. The maximum absolute atomic E-state index is 12.8. The third-order valence-corrected chi connectivity index (χ3v) is 8.58. The third kappa shape index (κ3) is 5.50. The highest BCUT2D eigenvalue weighted by Crippen LogP contribution is 2.26. The predicted octanol–water partition coefficient (Wildman–Crippen LogP) is 3.68. The number of carbonyl (C=O) groups is 1. The van der Waals surface area contributed by atoms with Gasteiger partial charge < -0.3 is 5.32 Å². The Bertz CT molecular complexity index is 1240. The summed E-state index contributed by atoms with van der Waals surface area (Å²) in [6.45, 7) is 8.00. The Labute approximate surface area is 199 Å². The number of anilines is 1. The number of nitrogens with zero attached hydrogens (tertiary/aromatic N) is 3. The SMILES string of the molecule is Cc1ccc(S(=O)(=O)N2CCN(CC(=O)Nc3nc(-c4ccc(C)c(C)c4)cs3)CC2)cc1. The molecule has 7 nitrogen and oxygen atoms in total. The number of thiazole rings is 1. The molecule has 3 aromatic rings. The van der Waals surface area contributed by atoms with Crippen LogP contribution >= 0.6 is 11.3 Å². The van der Waals surface area contributed by atoms with Crippen LogP contribution in [0.15, 0.2) is 52.7 Å². The van der Waals surface area contributed by atoms with Gasteiger partial charge in [-0.2, -0.15) is 4.31 Å². The van der Waals surface area contributed by atoms with Gasteiger partial charge in [0.05, 0.1) is 17.1 Å². The molecular weight excluding hydrogens is 456 g/mol. The Kier molecular flexibility index (Phi) is 6.94. The standard InChI is InChI=1S/C24H28N4O3S2/c1-17-4-8-21(9-5-17)33(30,31)28-12-10-27(11-13-28)15-23(29)26-24-25-22(16-32-24)20-7-6-18(2)19(3)14-20/h4-9,14,16H,10-13,15H2,1-3H3,(H,25,26,29). The topological polar surface area (TPSA) is 82.6 Å². The molecule has 1 aliphatic rings. The molecule has 1 aromatic heterocycles. The second kappa shape index (κ2) is 9.72. The van der Waals surface area contributed by atoms with E-state index < -0.39 is 10.0 Å². The van der Waals surface area contributed by atoms with Crippen LogP contribution in [0.1, 0.15) is 16.7 Å². The quantitative estimate of drug-likeness (QED) is 0.577. The summed E-state index contributed by atoms with van der Waals surface area (Å²) < 4.78 is 27.2. The van der Waals surface area contributed by atoms with E-state index in [4.69, 9.17) is 0 Å². The molecule has 0 atom stereocenters. The van der Waals surface area contributed by atoms with Gasteiger partial charge in [-0.3, -0.25) is 9.69 Å². The molecule has 0 aliphatic carbocycles. The van der Waals surface area contributed by atoms with Crippen molar-refractivity contribution in [2.45, 2.75) is 25.7 Å². The van der Waals surface area contributed by atoms with E-state index in [-0.39, 0.29) is 12.5 Å². The molecule has 0 saturated carbocycles. The lowest BCUT2D eigenvalue weighted by atomic mass is 10.1. The smallest absolute Gasteiger partial charge is 0.243 e. The van der Waals surface area contributed by atoms with Gasteiger partial charge in [-0.15, -0.1) is 11.3 Å². The number of aryl methyl sites for hydroxylation is 3. The maximum atomic E-state index is 12.8. The molecule has 1 N–H and O–H groups in total. The zero-order valence-electron chi connectivity index (χ0n) is 19.0. The van der Waals surface area contributed by atoms with E-state index in [1.807, 2.05) is 23.3 Å². The highest BCUT2D eigenvalue weighted by atomic mass is 32.2. The summed E-state index contributed by atoms with van der Waals surface area (Å²) in [6, 6.07) is 13.1. The molecule has 1 amide bonds. The van der Waals surface area contributed by atoms with Gasteiger partial charge in [0.2, 0.25) is 15.9 Å². The van der Waals surface area contributed by atoms with E-state index in [2.05, 4.69) is 36.3 Å². The minimum Gasteiger partial charge on any atom is -0.301 e. The number of hydrogen-bond acceptors (Lipinski definition) is 6. The molecule has 1 aliphatic heterocycles. The Balaban J connectivity index is 1.30. The molecule has 0 spiro atoms. The predicted molar refractivity (Wildman–Crippen MR) is 132 cm³/mol. The Hall–Kier alpha value is -2.59. The fourth-order valence-corrected chi connectivity index (χ4v) is 5.87. The number of piperazine rings is 1. The van der Waals surface area contributed by atoms with Crippen molar-refractivity contribution in [2.24, 2.45) is 0 Å². The number of amides is 1. The number of sulfonamides is 1. The van der Waals surface area contributed by atoms with Crippen LogP contribution in [0, 0.1) is 20.8 Å². The summed E-state index contributed by atoms with van der Waals surface area (Å²) >= 11 is 1.40. The molecule has 0 unspecified atom stereocenters. The zero-order valence-corrected chi connectivity index (χ0v) is 20.7. The van der Waals surface area contributed by atoms with Gasteiger partial charge in [0.1, 0.15) is 0 Å². The number of nitrogens with one attached hydrogen (secondary N) is 1. The first kappa shape index (κ1) is 23.6. The molecule has 2 aromatic carbocycles. The maximum Gasteiger partial charge on any atom is 0.243 e. The molecule has 1 fully saturated rings. The van der Waals surface area contributed by atoms with Gasteiger partial charge in [-0.05, 0) is 50.1 Å². The Morgan fingerprint density at radius 1 is 1.00 bits per heavy atom. The van der Waals surface area contributed by atoms with Crippen LogP contribution in [0.4, 0.5) is 5.13 Å². The molecule has 1 saturated heterocycles. The zero-order chi connectivity index (χ0) is 23.6. The second-order valence-corrected chi connectivity index (χ2v) is 11.2. The highest BCUT2D eigenvalue weighted by Gasteiger charge is 2.29. The molecule has 33 heavy (non-hydrogen) atoms. The summed E-state index contributed by atoms with van der Waals surface area (Å²) in [7, 11) is -3.51. The van der Waals surface area contributed by atoms with Crippen LogP contribution in [0.5, 0.6) is 0 Å². The van der Waals surface area contributed by atoms with Crippen molar-refractivity contribution in [3.8, 4) is 11.3 Å². The van der Waals surface area contributed by atoms with Crippen molar-refractivity contribution in [1.29, 1.82) is 0 Å². The number of benzene rings is 2. The van der Waals surface area contributed by atoms with Crippen LogP contribution in [-0.4, -0.2) is 61.2 Å². The molecule has 0 radical (unpaired) electrons. The average Bonchev–Trinajstić information content (AvgIpc) is 3.24. The minimum absolute atomic E-state index is 0.147. The van der Waals surface area contributed by atoms with Crippen LogP contribution in [0.25, 0.3) is 11.3 Å². The van der Waals surface area contributed by atoms with Crippen molar-refractivity contribution in [1.82, 2.24) is 14.2 Å². The summed E-state index contributed by atoms with van der Waals surface area (Å²) in [4.78, 5) is 19.4. The largest absolute Gasteiger partial charge is 0.301 e. The first-order chi connectivity index (χ1) is 15.7. The highest BCUT2D eigenvalue weighted by molar-refractivity contribution is 7.89. The van der Waals surface area contributed by atoms with Crippen LogP contribution in [-0.2, 0) is 14.8 Å². The molecule has 4 rings (SSSR count). The van der Waals surface area contributed by atoms with E-state index in [9.17, 15) is 13.2 Å². The number of hydrogen-bond donors (Lipinski definition) is 1. The molecule has 2 heterocycles. The van der Waals surface area contributed by atoms with Gasteiger partial charge >= 0.3 is 0 Å². The Morgan fingerprint density at radius 3 is 2.36 bits per heavy atom. The van der Waals surface area contributed by atoms with Gasteiger partial charge in [-0.1, -0.05) is 29.8 Å². The minimum atomic E-state index is -3.51. The van der Waals surface area contributed by atoms with E-state index >= 15 is 0 Å². The third-order valence-electron chi connectivity index (χ3n) is 5.91. The van der Waals surface area contributed by atoms with Crippen molar-refractivity contribution < 1.29 is 13.2 Å². The number of aromatic nitrogens is 1. The number of rotatable bonds is 6. The van der Waals surface area contributed by atoms with Gasteiger partial charge in [-0.25, -0.2) is 13.4 Å². The van der Waals surface area contributed by atoms with Gasteiger partial charge in [0, 0.05) is 37.1 Å². The molecule has 174 valence electrons. The van der Waals surface area contributed by atoms with E-state index in [1.54, 1.807) is 24.3 Å². The monoisotopic (exact) mass is 484 g/mol. The van der Waals surface area contributed by atoms with Crippen LogP contribution < -0.4 is 5.32 Å². The van der Waals surface area contributed by atoms with Crippen molar-refractivity contribution in [3.05, 3.63) is 64.5 Å². The fraction of sp³-hybridized carbons (Fsp3) is 0.333. The first-order valence-corrected chi connectivity index (χ1v) is 13.2. The molecular formula is C24H28N4O3S2. The first-order valence-electron chi connectivity index (χ1n) is 10.8. The van der Waals surface area contributed by atoms with Gasteiger partial charge in [0.15, 0.2) is 5.13 Å². The average molecular weight is 485 g/mol. The van der Waals surface area contributed by atoms with Crippen LogP contribution in [0.2, 0.25) is 0 Å². The summed E-state index contributed by atoms with van der Waals surface area (Å²) in [6.07, 6.45) is 0. The normalized spacial score (nSPS) is 15.5. The van der Waals surface area contributed by atoms with Crippen molar-refractivity contribution >= 4 is 32.4 Å². The summed E-state index contributed by atoms with van der Waals surface area (Å²) in [5.41, 5.74) is 5.32. The van der Waals surface area contributed by atoms with Crippen LogP contribution in [0.3, 0.4) is 0 Å². The summed E-state index contributed by atoms with van der Waals surface area (Å²) in [5.74, 6) is -0.147. The van der Waals surface area contributed by atoms with E-state index in [0.29, 0.717) is 36.2 Å². The van der Waals surface area contributed by atoms with E-state index in [0.717, 1.165) is 16.8 Å². The second-order valence-electron chi connectivity index (χ2n) is 8.38. The Morgan fingerprint density at radius 2 is 1.70 bits per heavy atom.